The van der Waals surface area contributed by atoms with E-state index < -0.39 is 18.1 Å². The van der Waals surface area contributed by atoms with Gasteiger partial charge in [-0.1, -0.05) is 30.3 Å². The monoisotopic (exact) mass is 390 g/mol. The number of ether oxygens (including phenoxy) is 1. The molecule has 7 heteroatoms. The molecule has 3 atom stereocenters. The van der Waals surface area contributed by atoms with E-state index in [4.69, 9.17) is 9.84 Å². The van der Waals surface area contributed by atoms with Crippen molar-refractivity contribution < 1.29 is 24.2 Å². The molecule has 0 aliphatic carbocycles. The summed E-state index contributed by atoms with van der Waals surface area (Å²) in [5, 5.41) is 12.2. The number of esters is 1. The van der Waals surface area contributed by atoms with E-state index in [1.54, 1.807) is 18.7 Å². The first-order chi connectivity index (χ1) is 13.4. The summed E-state index contributed by atoms with van der Waals surface area (Å²) in [6.45, 7) is 4.29. The van der Waals surface area contributed by atoms with Crippen LogP contribution in [0.25, 0.3) is 0 Å². The van der Waals surface area contributed by atoms with Crippen LogP contribution in [0.3, 0.4) is 0 Å². The highest BCUT2D eigenvalue weighted by atomic mass is 16.5. The Kier molecular flexibility index (Phi) is 8.44. The summed E-state index contributed by atoms with van der Waals surface area (Å²) in [7, 11) is 0. The fourth-order valence-electron chi connectivity index (χ4n) is 3.63. The van der Waals surface area contributed by atoms with Crippen molar-refractivity contribution in [2.45, 2.75) is 64.1 Å². The van der Waals surface area contributed by atoms with E-state index in [1.165, 1.54) is 0 Å². The van der Waals surface area contributed by atoms with Gasteiger partial charge in [0.05, 0.1) is 19.1 Å². The molecule has 1 aromatic rings. The molecule has 0 aromatic heterocycles. The summed E-state index contributed by atoms with van der Waals surface area (Å²) in [6, 6.07) is 8.36. The van der Waals surface area contributed by atoms with E-state index in [-0.39, 0.29) is 30.9 Å². The number of amides is 1. The molecule has 1 saturated heterocycles. The summed E-state index contributed by atoms with van der Waals surface area (Å²) in [6.07, 6.45) is 2.64. The number of carboxylic acids is 1. The normalized spacial score (nSPS) is 18.5. The zero-order chi connectivity index (χ0) is 20.5. The van der Waals surface area contributed by atoms with Crippen molar-refractivity contribution in [2.75, 3.05) is 13.2 Å². The Hall–Kier alpha value is -2.41. The molecule has 0 spiro atoms. The molecule has 154 valence electrons. The number of carboxylic acid groups (broad SMARTS) is 1. The minimum absolute atomic E-state index is 0.0478. The van der Waals surface area contributed by atoms with Gasteiger partial charge < -0.3 is 14.7 Å². The highest BCUT2D eigenvalue weighted by Crippen LogP contribution is 2.21. The van der Waals surface area contributed by atoms with E-state index >= 15 is 0 Å². The van der Waals surface area contributed by atoms with Crippen molar-refractivity contribution in [3.8, 4) is 0 Å². The third kappa shape index (κ3) is 6.34. The van der Waals surface area contributed by atoms with Gasteiger partial charge in [-0.15, -0.1) is 0 Å². The Morgan fingerprint density at radius 2 is 2.00 bits per heavy atom. The van der Waals surface area contributed by atoms with Crippen LogP contribution < -0.4 is 5.32 Å². The molecule has 2 rings (SSSR count). The van der Waals surface area contributed by atoms with E-state index in [2.05, 4.69) is 5.32 Å². The van der Waals surface area contributed by atoms with Gasteiger partial charge in [-0.05, 0) is 45.1 Å². The number of benzene rings is 1. The van der Waals surface area contributed by atoms with E-state index in [0.29, 0.717) is 25.8 Å². The minimum atomic E-state index is -0.905. The van der Waals surface area contributed by atoms with Gasteiger partial charge in [0.25, 0.3) is 0 Å². The van der Waals surface area contributed by atoms with Gasteiger partial charge in [0.15, 0.2) is 0 Å². The summed E-state index contributed by atoms with van der Waals surface area (Å²) in [5.41, 5.74) is 1.11. The van der Waals surface area contributed by atoms with Crippen molar-refractivity contribution in [3.05, 3.63) is 35.9 Å². The molecule has 2 N–H and O–H groups in total. The molecule has 28 heavy (non-hydrogen) atoms. The van der Waals surface area contributed by atoms with E-state index in [0.717, 1.165) is 12.0 Å². The number of aryl methyl sites for hydroxylation is 1. The lowest BCUT2D eigenvalue weighted by molar-refractivity contribution is -0.146. The lowest BCUT2D eigenvalue weighted by atomic mass is 10.0. The SMILES string of the molecule is CCOC(=O)[C@H](CCc1ccccc1)NC(C)C(=O)N1CCC[C@H]1CC(=O)O. The van der Waals surface area contributed by atoms with Crippen molar-refractivity contribution in [2.24, 2.45) is 0 Å². The standard InChI is InChI=1S/C21H30N2O5/c1-3-28-21(27)18(12-11-16-8-5-4-6-9-16)22-15(2)20(26)23-13-7-10-17(23)14-19(24)25/h4-6,8-9,15,17-18,22H,3,7,10-14H2,1-2H3,(H,24,25)/t15?,17-,18-/m0/s1. The first-order valence-electron chi connectivity index (χ1n) is 9.91. The highest BCUT2D eigenvalue weighted by Gasteiger charge is 2.34. The van der Waals surface area contributed by atoms with Crippen molar-refractivity contribution in [1.82, 2.24) is 10.2 Å². The van der Waals surface area contributed by atoms with Gasteiger partial charge in [0, 0.05) is 12.6 Å². The van der Waals surface area contributed by atoms with Crippen LogP contribution in [-0.2, 0) is 25.5 Å². The molecule has 0 radical (unpaired) electrons. The van der Waals surface area contributed by atoms with Gasteiger partial charge in [-0.25, -0.2) is 0 Å². The molecule has 1 unspecified atom stereocenters. The zero-order valence-electron chi connectivity index (χ0n) is 16.6. The molecule has 0 bridgehead atoms. The molecular weight excluding hydrogens is 360 g/mol. The van der Waals surface area contributed by atoms with Gasteiger partial charge in [0.1, 0.15) is 6.04 Å². The van der Waals surface area contributed by atoms with Crippen LogP contribution in [0, 0.1) is 0 Å². The Morgan fingerprint density at radius 1 is 1.29 bits per heavy atom. The molecule has 1 heterocycles. The lowest BCUT2D eigenvalue weighted by Crippen LogP contribution is -2.52. The van der Waals surface area contributed by atoms with Crippen LogP contribution in [0.5, 0.6) is 0 Å². The number of hydrogen-bond acceptors (Lipinski definition) is 5. The molecule has 1 aliphatic rings. The van der Waals surface area contributed by atoms with Crippen LogP contribution in [0.4, 0.5) is 0 Å². The van der Waals surface area contributed by atoms with Crippen molar-refractivity contribution in [1.29, 1.82) is 0 Å². The quantitative estimate of drug-likeness (QED) is 0.593. The fourth-order valence-corrected chi connectivity index (χ4v) is 3.63. The average molecular weight is 390 g/mol. The fraction of sp³-hybridized carbons (Fsp3) is 0.571. The number of hydrogen-bond donors (Lipinski definition) is 2. The summed E-state index contributed by atoms with van der Waals surface area (Å²) in [4.78, 5) is 37.9. The van der Waals surface area contributed by atoms with Gasteiger partial charge >= 0.3 is 11.9 Å². The summed E-state index contributed by atoms with van der Waals surface area (Å²) < 4.78 is 5.17. The van der Waals surface area contributed by atoms with Crippen molar-refractivity contribution in [3.63, 3.8) is 0 Å². The molecule has 1 aromatic carbocycles. The first-order valence-corrected chi connectivity index (χ1v) is 9.91. The maximum atomic E-state index is 12.8. The molecular formula is C21H30N2O5. The maximum Gasteiger partial charge on any atom is 0.323 e. The number of nitrogens with zero attached hydrogens (tertiary/aromatic N) is 1. The van der Waals surface area contributed by atoms with E-state index in [1.807, 2.05) is 30.3 Å². The van der Waals surface area contributed by atoms with Crippen LogP contribution in [0.1, 0.15) is 45.1 Å². The summed E-state index contributed by atoms with van der Waals surface area (Å²) >= 11 is 0. The number of carbonyl (C=O) groups excluding carboxylic acids is 2. The zero-order valence-corrected chi connectivity index (χ0v) is 16.6. The van der Waals surface area contributed by atoms with Crippen LogP contribution in [0.15, 0.2) is 30.3 Å². The summed E-state index contributed by atoms with van der Waals surface area (Å²) in [5.74, 6) is -1.45. The Labute approximate surface area is 166 Å². The molecule has 1 aliphatic heterocycles. The van der Waals surface area contributed by atoms with Crippen LogP contribution >= 0.6 is 0 Å². The number of carbonyl (C=O) groups is 3. The molecule has 7 nitrogen and oxygen atoms in total. The topological polar surface area (TPSA) is 95.9 Å². The maximum absolute atomic E-state index is 12.8. The van der Waals surface area contributed by atoms with E-state index in [9.17, 15) is 14.4 Å². The Bertz CT molecular complexity index is 664. The smallest absolute Gasteiger partial charge is 0.323 e. The van der Waals surface area contributed by atoms with Crippen molar-refractivity contribution >= 4 is 17.8 Å². The number of nitrogens with one attached hydrogen (secondary N) is 1. The van der Waals surface area contributed by atoms with Gasteiger partial charge in [-0.3, -0.25) is 19.7 Å². The second-order valence-electron chi connectivity index (χ2n) is 7.14. The molecule has 0 saturated carbocycles. The second kappa shape index (κ2) is 10.8. The third-order valence-electron chi connectivity index (χ3n) is 5.03. The second-order valence-corrected chi connectivity index (χ2v) is 7.14. The van der Waals surface area contributed by atoms with Crippen LogP contribution in [0.2, 0.25) is 0 Å². The largest absolute Gasteiger partial charge is 0.481 e. The average Bonchev–Trinajstić information content (AvgIpc) is 3.12. The minimum Gasteiger partial charge on any atom is -0.481 e. The highest BCUT2D eigenvalue weighted by molar-refractivity contribution is 5.84. The van der Waals surface area contributed by atoms with Crippen LogP contribution in [-0.4, -0.2) is 59.1 Å². The Balaban J connectivity index is 1.99. The number of aliphatic carboxylic acids is 1. The van der Waals surface area contributed by atoms with Gasteiger partial charge in [0.2, 0.25) is 5.91 Å². The Morgan fingerprint density at radius 3 is 2.64 bits per heavy atom. The predicted molar refractivity (Wildman–Crippen MR) is 105 cm³/mol. The third-order valence-corrected chi connectivity index (χ3v) is 5.03. The predicted octanol–water partition coefficient (Wildman–Crippen LogP) is 1.99. The first kappa shape index (κ1) is 21.9. The molecule has 1 amide bonds. The molecule has 1 fully saturated rings. The number of likely N-dealkylation sites (tertiary alicyclic amines) is 1. The number of rotatable bonds is 10. The lowest BCUT2D eigenvalue weighted by Gasteiger charge is -2.29. The van der Waals surface area contributed by atoms with Gasteiger partial charge in [-0.2, -0.15) is 0 Å².